The molecule has 0 spiro atoms. The Balaban J connectivity index is 0.00000320. The second-order valence-electron chi connectivity index (χ2n) is 7.27. The van der Waals surface area contributed by atoms with Gasteiger partial charge in [0.25, 0.3) is 5.69 Å². The molecule has 0 aliphatic carbocycles. The van der Waals surface area contributed by atoms with Crippen molar-refractivity contribution in [1.82, 2.24) is 9.80 Å². The Morgan fingerprint density at radius 1 is 1.17 bits per heavy atom. The van der Waals surface area contributed by atoms with Crippen molar-refractivity contribution in [2.24, 2.45) is 0 Å². The predicted octanol–water partition coefficient (Wildman–Crippen LogP) is 5.16. The summed E-state index contributed by atoms with van der Waals surface area (Å²) >= 11 is 12.0. The van der Waals surface area contributed by atoms with Crippen molar-refractivity contribution < 1.29 is 9.72 Å². The standard InChI is InChI=1S/C21H23Cl2N3O3.ClH/c1-24(20(14-25-9-5-6-10-25)15-7-3-2-4-8-15)21(27)12-16-11-17(22)18(23)13-19(16)26(28)29;/h2-4,7-8,11,13,20H,5-6,9-10,12,14H2,1H3;1H/t20-;/m1./s1. The van der Waals surface area contributed by atoms with Crippen molar-refractivity contribution in [3.05, 3.63) is 73.8 Å². The van der Waals surface area contributed by atoms with Crippen LogP contribution in [0.25, 0.3) is 0 Å². The number of nitrogens with zero attached hydrogens (tertiary/aromatic N) is 3. The van der Waals surface area contributed by atoms with Crippen LogP contribution in [0.2, 0.25) is 10.0 Å². The van der Waals surface area contributed by atoms with Gasteiger partial charge in [0.05, 0.1) is 27.4 Å². The molecule has 30 heavy (non-hydrogen) atoms. The summed E-state index contributed by atoms with van der Waals surface area (Å²) in [5.74, 6) is -0.209. The van der Waals surface area contributed by atoms with Gasteiger partial charge in [-0.05, 0) is 37.6 Å². The summed E-state index contributed by atoms with van der Waals surface area (Å²) in [6.07, 6.45) is 2.20. The highest BCUT2D eigenvalue weighted by atomic mass is 35.5. The molecule has 9 heteroatoms. The van der Waals surface area contributed by atoms with E-state index in [1.165, 1.54) is 12.1 Å². The zero-order chi connectivity index (χ0) is 21.0. The van der Waals surface area contributed by atoms with E-state index < -0.39 is 4.92 Å². The van der Waals surface area contributed by atoms with Crippen molar-refractivity contribution in [1.29, 1.82) is 0 Å². The zero-order valence-electron chi connectivity index (χ0n) is 16.6. The maximum atomic E-state index is 13.1. The Morgan fingerprint density at radius 2 is 1.77 bits per heavy atom. The number of hydrogen-bond donors (Lipinski definition) is 0. The number of halogens is 3. The number of nitro benzene ring substituents is 1. The average Bonchev–Trinajstić information content (AvgIpc) is 3.22. The maximum absolute atomic E-state index is 13.1. The molecule has 0 bridgehead atoms. The molecule has 1 amide bonds. The van der Waals surface area contributed by atoms with Gasteiger partial charge in [-0.25, -0.2) is 0 Å². The first-order valence-electron chi connectivity index (χ1n) is 9.52. The minimum atomic E-state index is -0.538. The minimum Gasteiger partial charge on any atom is -0.337 e. The van der Waals surface area contributed by atoms with Gasteiger partial charge < -0.3 is 9.80 Å². The maximum Gasteiger partial charge on any atom is 0.274 e. The fraction of sp³-hybridized carbons (Fsp3) is 0.381. The van der Waals surface area contributed by atoms with Gasteiger partial charge in [-0.15, -0.1) is 12.4 Å². The molecule has 3 rings (SSSR count). The van der Waals surface area contributed by atoms with Crippen LogP contribution < -0.4 is 0 Å². The molecule has 0 radical (unpaired) electrons. The number of likely N-dealkylation sites (tertiary alicyclic amines) is 1. The quantitative estimate of drug-likeness (QED) is 0.412. The molecule has 0 aromatic heterocycles. The van der Waals surface area contributed by atoms with Crippen molar-refractivity contribution >= 4 is 47.2 Å². The first-order chi connectivity index (χ1) is 13.9. The van der Waals surface area contributed by atoms with Crippen LogP contribution in [0.1, 0.15) is 30.0 Å². The average molecular weight is 473 g/mol. The lowest BCUT2D eigenvalue weighted by atomic mass is 10.0. The molecular formula is C21H24Cl3N3O3. The summed E-state index contributed by atoms with van der Waals surface area (Å²) in [5.41, 5.74) is 1.10. The Kier molecular flexibility index (Phi) is 8.92. The van der Waals surface area contributed by atoms with E-state index in [1.54, 1.807) is 11.9 Å². The van der Waals surface area contributed by atoms with Gasteiger partial charge in [-0.3, -0.25) is 14.9 Å². The van der Waals surface area contributed by atoms with Crippen LogP contribution >= 0.6 is 35.6 Å². The molecule has 0 saturated carbocycles. The largest absolute Gasteiger partial charge is 0.337 e. The number of hydrogen-bond acceptors (Lipinski definition) is 4. The normalized spacial score (nSPS) is 14.8. The Labute approximate surface area is 192 Å². The molecule has 1 atom stereocenters. The zero-order valence-corrected chi connectivity index (χ0v) is 18.9. The van der Waals surface area contributed by atoms with Crippen molar-refractivity contribution in [2.45, 2.75) is 25.3 Å². The first-order valence-corrected chi connectivity index (χ1v) is 10.3. The van der Waals surface area contributed by atoms with Gasteiger partial charge in [-0.2, -0.15) is 0 Å². The highest BCUT2D eigenvalue weighted by Gasteiger charge is 2.27. The molecule has 1 heterocycles. The molecule has 1 aliphatic heterocycles. The van der Waals surface area contributed by atoms with Crippen LogP contribution in [0.15, 0.2) is 42.5 Å². The summed E-state index contributed by atoms with van der Waals surface area (Å²) in [5, 5.41) is 11.7. The van der Waals surface area contributed by atoms with E-state index in [-0.39, 0.29) is 52.1 Å². The van der Waals surface area contributed by atoms with Gasteiger partial charge in [0.2, 0.25) is 5.91 Å². The Bertz CT molecular complexity index is 890. The lowest BCUT2D eigenvalue weighted by molar-refractivity contribution is -0.385. The topological polar surface area (TPSA) is 66.7 Å². The van der Waals surface area contributed by atoms with Crippen LogP contribution in [0.4, 0.5) is 5.69 Å². The molecule has 1 saturated heterocycles. The van der Waals surface area contributed by atoms with Crippen LogP contribution in [-0.4, -0.2) is 47.3 Å². The van der Waals surface area contributed by atoms with Gasteiger partial charge in [-0.1, -0.05) is 53.5 Å². The summed E-state index contributed by atoms with van der Waals surface area (Å²) < 4.78 is 0. The second kappa shape index (κ2) is 11.0. The molecule has 2 aromatic carbocycles. The number of rotatable bonds is 7. The summed E-state index contributed by atoms with van der Waals surface area (Å²) in [7, 11) is 1.75. The molecule has 6 nitrogen and oxygen atoms in total. The number of carbonyl (C=O) groups excluding carboxylic acids is 1. The molecule has 1 aliphatic rings. The van der Waals surface area contributed by atoms with Crippen molar-refractivity contribution in [3.63, 3.8) is 0 Å². The second-order valence-corrected chi connectivity index (χ2v) is 8.08. The van der Waals surface area contributed by atoms with E-state index in [0.29, 0.717) is 0 Å². The lowest BCUT2D eigenvalue weighted by Gasteiger charge is -2.32. The van der Waals surface area contributed by atoms with Crippen LogP contribution in [0.5, 0.6) is 0 Å². The Hall–Kier alpha value is -1.86. The molecular weight excluding hydrogens is 449 g/mol. The van der Waals surface area contributed by atoms with E-state index in [1.807, 2.05) is 30.3 Å². The highest BCUT2D eigenvalue weighted by molar-refractivity contribution is 6.42. The third kappa shape index (κ3) is 5.85. The summed E-state index contributed by atoms with van der Waals surface area (Å²) in [6.45, 7) is 2.77. The minimum absolute atomic E-state index is 0. The van der Waals surface area contributed by atoms with Gasteiger partial charge in [0, 0.05) is 25.2 Å². The lowest BCUT2D eigenvalue weighted by Crippen LogP contribution is -2.39. The van der Waals surface area contributed by atoms with Crippen LogP contribution in [-0.2, 0) is 11.2 Å². The smallest absolute Gasteiger partial charge is 0.274 e. The van der Waals surface area contributed by atoms with Gasteiger partial charge in [0.1, 0.15) is 0 Å². The van der Waals surface area contributed by atoms with Gasteiger partial charge in [0.15, 0.2) is 0 Å². The number of carbonyl (C=O) groups is 1. The third-order valence-corrected chi connectivity index (χ3v) is 6.06. The number of nitro groups is 1. The van der Waals surface area contributed by atoms with E-state index in [4.69, 9.17) is 23.2 Å². The molecule has 2 aromatic rings. The van der Waals surface area contributed by atoms with E-state index in [2.05, 4.69) is 4.90 Å². The molecule has 1 fully saturated rings. The highest BCUT2D eigenvalue weighted by Crippen LogP contribution is 2.32. The number of amides is 1. The summed E-state index contributed by atoms with van der Waals surface area (Å²) in [6, 6.07) is 12.3. The van der Waals surface area contributed by atoms with Crippen LogP contribution in [0.3, 0.4) is 0 Å². The first kappa shape index (κ1) is 24.4. The molecule has 162 valence electrons. The predicted molar refractivity (Wildman–Crippen MR) is 122 cm³/mol. The van der Waals surface area contributed by atoms with Gasteiger partial charge >= 0.3 is 0 Å². The van der Waals surface area contributed by atoms with E-state index in [0.717, 1.165) is 38.0 Å². The SMILES string of the molecule is CN(C(=O)Cc1cc(Cl)c(Cl)cc1[N+](=O)[O-])[C@H](CN1CCCC1)c1ccccc1.Cl. The molecule has 0 N–H and O–H groups in total. The van der Waals surface area contributed by atoms with Crippen LogP contribution in [0, 0.1) is 10.1 Å². The number of likely N-dealkylation sites (N-methyl/N-ethyl adjacent to an activating group) is 1. The van der Waals surface area contributed by atoms with Crippen molar-refractivity contribution in [3.8, 4) is 0 Å². The monoisotopic (exact) mass is 471 g/mol. The fourth-order valence-corrected chi connectivity index (χ4v) is 4.03. The van der Waals surface area contributed by atoms with E-state index in [9.17, 15) is 14.9 Å². The molecule has 0 unspecified atom stereocenters. The van der Waals surface area contributed by atoms with Crippen molar-refractivity contribution in [2.75, 3.05) is 26.7 Å². The fourth-order valence-electron chi connectivity index (χ4n) is 3.69. The summed E-state index contributed by atoms with van der Waals surface area (Å²) in [4.78, 5) is 28.0. The third-order valence-electron chi connectivity index (χ3n) is 5.33. The Morgan fingerprint density at radius 3 is 2.37 bits per heavy atom. The van der Waals surface area contributed by atoms with E-state index >= 15 is 0 Å². The number of benzene rings is 2.